The maximum atomic E-state index is 2.59. The molecule has 0 saturated heterocycles. The molecule has 0 saturated carbocycles. The molecule has 0 radical (unpaired) electrons. The first-order valence-corrected chi connectivity index (χ1v) is 38.4. The van der Waals surface area contributed by atoms with Crippen molar-refractivity contribution in [3.8, 4) is 112 Å². The second kappa shape index (κ2) is 29.0. The number of hydrogen-bond donors (Lipinski definition) is 0. The van der Waals surface area contributed by atoms with Gasteiger partial charge >= 0.3 is 0 Å². The summed E-state index contributed by atoms with van der Waals surface area (Å²) in [5.74, 6) is 0. The summed E-state index contributed by atoms with van der Waals surface area (Å²) in [7, 11) is 0. The van der Waals surface area contributed by atoms with E-state index in [-0.39, 0.29) is 0 Å². The van der Waals surface area contributed by atoms with Crippen molar-refractivity contribution in [2.75, 3.05) is 9.80 Å². The lowest BCUT2D eigenvalue weighted by Gasteiger charge is -2.34. The fourth-order valence-corrected chi connectivity index (χ4v) is 16.9. The van der Waals surface area contributed by atoms with Crippen molar-refractivity contribution >= 4 is 77.7 Å². The van der Waals surface area contributed by atoms with Gasteiger partial charge in [-0.3, -0.25) is 0 Å². The van der Waals surface area contributed by atoms with E-state index < -0.39 is 0 Å². The van der Waals surface area contributed by atoms with Crippen LogP contribution in [0.5, 0.6) is 0 Å². The van der Waals surface area contributed by atoms with Crippen molar-refractivity contribution < 1.29 is 0 Å². The van der Waals surface area contributed by atoms with Gasteiger partial charge in [-0.15, -0.1) is 0 Å². The van der Waals surface area contributed by atoms with Crippen molar-refractivity contribution in [2.24, 2.45) is 0 Å². The fourth-order valence-electron chi connectivity index (χ4n) is 16.9. The van der Waals surface area contributed by atoms with Crippen molar-refractivity contribution in [3.63, 3.8) is 0 Å². The number of hydrogen-bond acceptors (Lipinski definition) is 2. The minimum absolute atomic E-state index is 0.950. The summed E-state index contributed by atoms with van der Waals surface area (Å²) < 4.78 is 4.89. The van der Waals surface area contributed by atoms with Crippen LogP contribution in [0.1, 0.15) is 0 Å². The fraction of sp³-hybridized carbons (Fsp3) is 0. The highest BCUT2D eigenvalue weighted by Crippen LogP contribution is 2.54. The zero-order chi connectivity index (χ0) is 74.3. The molecule has 0 aliphatic heterocycles. The Kier molecular flexibility index (Phi) is 17.3. The molecule has 0 amide bonds. The molecule has 0 aliphatic carbocycles. The van der Waals surface area contributed by atoms with Crippen LogP contribution in [-0.4, -0.2) is 9.13 Å². The lowest BCUT2D eigenvalue weighted by atomic mass is 9.90. The minimum atomic E-state index is 0.950. The number of anilines is 6. The van der Waals surface area contributed by atoms with Gasteiger partial charge in [-0.1, -0.05) is 346 Å². The van der Waals surface area contributed by atoms with Gasteiger partial charge in [0.2, 0.25) is 0 Å². The Balaban J connectivity index is 0.939. The molecule has 0 fully saturated rings. The van der Waals surface area contributed by atoms with Crippen molar-refractivity contribution in [2.45, 2.75) is 0 Å². The third-order valence-electron chi connectivity index (χ3n) is 22.0. The van der Waals surface area contributed by atoms with E-state index in [1.807, 2.05) is 0 Å². The van der Waals surface area contributed by atoms with Crippen molar-refractivity contribution in [1.82, 2.24) is 9.13 Å². The van der Waals surface area contributed by atoms with Crippen LogP contribution in [0.25, 0.3) is 155 Å². The summed E-state index contributed by atoms with van der Waals surface area (Å²) in [5, 5.41) is 4.68. The van der Waals surface area contributed by atoms with Crippen molar-refractivity contribution in [3.05, 3.63) is 449 Å². The smallest absolute Gasteiger partial charge is 0.0618 e. The zero-order valence-corrected chi connectivity index (χ0v) is 61.5. The Morgan fingerprint density at radius 2 is 0.393 bits per heavy atom. The Hall–Kier alpha value is -14.8. The molecule has 526 valence electrons. The van der Waals surface area contributed by atoms with E-state index in [9.17, 15) is 0 Å². The average Bonchev–Trinajstić information content (AvgIpc) is 1.65. The molecular formula is C108H74N4. The average molecular weight is 1430 g/mol. The van der Waals surface area contributed by atoms with Gasteiger partial charge in [-0.05, 0) is 181 Å². The van der Waals surface area contributed by atoms with Gasteiger partial charge in [0.15, 0.2) is 0 Å². The highest BCUT2D eigenvalue weighted by molar-refractivity contribution is 6.13. The quantitative estimate of drug-likeness (QED) is 0.0903. The molecule has 4 nitrogen and oxygen atoms in total. The van der Waals surface area contributed by atoms with Gasteiger partial charge in [-0.2, -0.15) is 0 Å². The van der Waals surface area contributed by atoms with E-state index >= 15 is 0 Å². The molecule has 0 bridgehead atoms. The number of aromatic nitrogens is 2. The predicted molar refractivity (Wildman–Crippen MR) is 473 cm³/mol. The lowest BCUT2D eigenvalue weighted by molar-refractivity contribution is 1.17. The number of benzene rings is 18. The minimum Gasteiger partial charge on any atom is -0.309 e. The lowest BCUT2D eigenvalue weighted by Crippen LogP contribution is -2.16. The largest absolute Gasteiger partial charge is 0.309 e. The molecule has 20 aromatic rings. The van der Waals surface area contributed by atoms with Crippen LogP contribution in [0.3, 0.4) is 0 Å². The first-order chi connectivity index (χ1) is 55.6. The van der Waals surface area contributed by atoms with E-state index in [4.69, 9.17) is 0 Å². The Morgan fingerprint density at radius 3 is 0.714 bits per heavy atom. The zero-order valence-electron chi connectivity index (χ0n) is 61.5. The molecule has 0 unspecified atom stereocenters. The summed E-state index contributed by atoms with van der Waals surface area (Å²) >= 11 is 0. The maximum Gasteiger partial charge on any atom is 0.0618 e. The molecule has 2 heterocycles. The Bertz CT molecular complexity index is 6250. The van der Waals surface area contributed by atoms with Gasteiger partial charge in [0, 0.05) is 77.9 Å². The standard InChI is InChI=1S/C108H74N4/c1-8-32-75(33-9-1)80-42-26-46-84(66-80)95-56-30-57-96(85-47-27-43-81(67-85)76-34-10-2-11-35-76)107(95)109(91-62-64-101-99-54-22-24-60-103(99)111(105(101)73-91)89-50-18-6-19-51-89)93-70-88(79-40-16-5-17-41-79)71-94(72-93)110(92-63-65-102-100-55-23-25-61-104(100)112(106(102)74-92)90-52-20-7-21-53-90)108-97(86-48-28-44-82(68-86)77-36-12-3-13-37-77)58-31-59-98(108)87-49-29-45-83(69-87)78-38-14-4-15-39-78/h1-74H. The molecule has 2 aromatic heterocycles. The third kappa shape index (κ3) is 12.4. The first kappa shape index (κ1) is 66.6. The highest BCUT2D eigenvalue weighted by atomic mass is 15.2. The first-order valence-electron chi connectivity index (χ1n) is 38.4. The molecule has 20 rings (SSSR count). The van der Waals surface area contributed by atoms with Gasteiger partial charge in [0.05, 0.1) is 33.4 Å². The predicted octanol–water partition coefficient (Wildman–Crippen LogP) is 29.8. The topological polar surface area (TPSA) is 16.3 Å². The molecule has 4 heteroatoms. The third-order valence-corrected chi connectivity index (χ3v) is 22.0. The SMILES string of the molecule is c1ccc(-c2cccc(-c3cccc(-c4cccc(-c5ccccc5)c4)c3N(c3cc(-c4ccccc4)cc(N(c4ccc5c6ccccc6n(-c6ccccc6)c5c4)c4c(-c5cccc(-c6ccccc6)c5)cccc4-c4cccc(-c5ccccc5)c4)c3)c3ccc4c5ccccc5n(-c5ccccc5)c4c3)c2)cc1. The van der Waals surface area contributed by atoms with Crippen LogP contribution in [0.15, 0.2) is 449 Å². The molecule has 18 aromatic carbocycles. The van der Waals surface area contributed by atoms with Crippen LogP contribution < -0.4 is 9.80 Å². The number of para-hydroxylation sites is 6. The van der Waals surface area contributed by atoms with Gasteiger partial charge in [0.25, 0.3) is 0 Å². The van der Waals surface area contributed by atoms with E-state index in [0.29, 0.717) is 0 Å². The summed E-state index contributed by atoms with van der Waals surface area (Å²) in [6.45, 7) is 0. The van der Waals surface area contributed by atoms with E-state index in [0.717, 1.165) is 178 Å². The maximum absolute atomic E-state index is 2.59. The van der Waals surface area contributed by atoms with Gasteiger partial charge in [0.1, 0.15) is 0 Å². The van der Waals surface area contributed by atoms with Gasteiger partial charge in [-0.25, -0.2) is 0 Å². The number of rotatable bonds is 17. The van der Waals surface area contributed by atoms with Crippen LogP contribution >= 0.6 is 0 Å². The second-order valence-electron chi connectivity index (χ2n) is 28.7. The second-order valence-corrected chi connectivity index (χ2v) is 28.7. The molecule has 0 N–H and O–H groups in total. The number of nitrogens with zero attached hydrogens (tertiary/aromatic N) is 4. The van der Waals surface area contributed by atoms with E-state index in [1.165, 1.54) is 10.8 Å². The Morgan fingerprint density at radius 1 is 0.143 bits per heavy atom. The summed E-state index contributed by atoms with van der Waals surface area (Å²) in [6, 6.07) is 166. The Labute approximate surface area is 652 Å². The monoisotopic (exact) mass is 1430 g/mol. The molecule has 0 spiro atoms. The number of fused-ring (bicyclic) bond motifs is 6. The van der Waals surface area contributed by atoms with Gasteiger partial charge < -0.3 is 18.9 Å². The van der Waals surface area contributed by atoms with Crippen molar-refractivity contribution in [1.29, 1.82) is 0 Å². The summed E-state index contributed by atoms with van der Waals surface area (Å²) in [5.41, 5.74) is 32.3. The molecular weight excluding hydrogens is 1350 g/mol. The van der Waals surface area contributed by atoms with Crippen LogP contribution in [0.2, 0.25) is 0 Å². The van der Waals surface area contributed by atoms with Crippen LogP contribution in [-0.2, 0) is 0 Å². The molecule has 0 aliphatic rings. The van der Waals surface area contributed by atoms with Crippen LogP contribution in [0, 0.1) is 0 Å². The highest BCUT2D eigenvalue weighted by Gasteiger charge is 2.30. The van der Waals surface area contributed by atoms with E-state index in [1.54, 1.807) is 0 Å². The summed E-state index contributed by atoms with van der Waals surface area (Å²) in [4.78, 5) is 5.18. The normalized spacial score (nSPS) is 11.4. The van der Waals surface area contributed by atoms with E-state index in [2.05, 4.69) is 468 Å². The molecule has 112 heavy (non-hydrogen) atoms. The van der Waals surface area contributed by atoms with Crippen LogP contribution in [0.4, 0.5) is 34.1 Å². The molecule has 0 atom stereocenters. The summed E-state index contributed by atoms with van der Waals surface area (Å²) in [6.07, 6.45) is 0.